The van der Waals surface area contributed by atoms with Crippen molar-refractivity contribution >= 4 is 11.9 Å². The number of nitrogens with one attached hydrogen (secondary N) is 1. The second-order valence-electron chi connectivity index (χ2n) is 1.43. The molecule has 0 bridgehead atoms. The van der Waals surface area contributed by atoms with Gasteiger partial charge in [0.1, 0.15) is 0 Å². The Morgan fingerprint density at radius 1 is 1.71 bits per heavy atom. The van der Waals surface area contributed by atoms with Crippen LogP contribution in [0.25, 0.3) is 0 Å². The molecule has 38 valence electrons. The first kappa shape index (κ1) is 4.78. The Morgan fingerprint density at radius 2 is 2.57 bits per heavy atom. The van der Waals surface area contributed by atoms with Gasteiger partial charge in [-0.2, -0.15) is 0 Å². The predicted molar refractivity (Wildman–Crippen MR) is 33.6 cm³/mol. The van der Waals surface area contributed by atoms with Crippen molar-refractivity contribution in [2.75, 3.05) is 0 Å². The van der Waals surface area contributed by atoms with Crippen molar-refractivity contribution in [3.05, 3.63) is 23.3 Å². The maximum Gasteiger partial charge on any atom is 0.0105 e. The lowest BCUT2D eigenvalue weighted by atomic mass is 10.3. The van der Waals surface area contributed by atoms with E-state index in [9.17, 15) is 0 Å². The summed E-state index contributed by atoms with van der Waals surface area (Å²) in [6.45, 7) is 2.06. The molecule has 0 fully saturated rings. The Balaban J connectivity index is 2.58. The zero-order valence-corrected chi connectivity index (χ0v) is 4.96. The van der Waals surface area contributed by atoms with Crippen LogP contribution in [-0.4, -0.2) is 0 Å². The molecule has 1 nitrogen and oxygen atoms in total. The summed E-state index contributed by atoms with van der Waals surface area (Å²) in [6, 6.07) is 0. The van der Waals surface area contributed by atoms with Crippen LogP contribution in [0.4, 0.5) is 0 Å². The van der Waals surface area contributed by atoms with Crippen LogP contribution >= 0.6 is 11.9 Å². The molecule has 1 heterocycles. The molecule has 7 heavy (non-hydrogen) atoms. The van der Waals surface area contributed by atoms with Gasteiger partial charge in [0, 0.05) is 6.20 Å². The van der Waals surface area contributed by atoms with Gasteiger partial charge in [0.25, 0.3) is 0 Å². The fourth-order valence-corrected chi connectivity index (χ4v) is 0.971. The molecule has 0 saturated carbocycles. The van der Waals surface area contributed by atoms with E-state index in [2.05, 4.69) is 17.7 Å². The Bertz CT molecular complexity index is 115. The molecule has 0 unspecified atom stereocenters. The van der Waals surface area contributed by atoms with Gasteiger partial charge in [0.15, 0.2) is 0 Å². The number of hydrogen-bond acceptors (Lipinski definition) is 2. The summed E-state index contributed by atoms with van der Waals surface area (Å²) >= 11 is 1.59. The lowest BCUT2D eigenvalue weighted by Gasteiger charge is -1.99. The van der Waals surface area contributed by atoms with Crippen molar-refractivity contribution in [1.29, 1.82) is 0 Å². The van der Waals surface area contributed by atoms with Crippen molar-refractivity contribution < 1.29 is 0 Å². The van der Waals surface area contributed by atoms with Crippen LogP contribution in [0.2, 0.25) is 0 Å². The monoisotopic (exact) mass is 113 g/mol. The van der Waals surface area contributed by atoms with Crippen LogP contribution in [0, 0.1) is 0 Å². The van der Waals surface area contributed by atoms with Crippen LogP contribution in [0.1, 0.15) is 6.92 Å². The van der Waals surface area contributed by atoms with E-state index in [1.54, 1.807) is 11.9 Å². The summed E-state index contributed by atoms with van der Waals surface area (Å²) in [7, 11) is 0. The summed E-state index contributed by atoms with van der Waals surface area (Å²) in [6.07, 6.45) is 4.05. The van der Waals surface area contributed by atoms with Crippen LogP contribution in [0.5, 0.6) is 0 Å². The molecule has 1 aliphatic rings. The van der Waals surface area contributed by atoms with E-state index in [0.29, 0.717) is 0 Å². The Kier molecular flexibility index (Phi) is 1.42. The van der Waals surface area contributed by atoms with E-state index in [0.717, 1.165) is 0 Å². The first-order chi connectivity index (χ1) is 3.39. The van der Waals surface area contributed by atoms with Gasteiger partial charge < -0.3 is 4.72 Å². The topological polar surface area (TPSA) is 12.0 Å². The van der Waals surface area contributed by atoms with Crippen LogP contribution < -0.4 is 4.72 Å². The van der Waals surface area contributed by atoms with Crippen LogP contribution in [0.3, 0.4) is 0 Å². The second kappa shape index (κ2) is 2.07. The van der Waals surface area contributed by atoms with Gasteiger partial charge in [-0.1, -0.05) is 0 Å². The standard InChI is InChI=1S/C5H7NS/c1-5-2-3-7-6-4-5/h2-4,6H,1H3. The highest BCUT2D eigenvalue weighted by Crippen LogP contribution is 2.06. The minimum atomic E-state index is 1.28. The summed E-state index contributed by atoms with van der Waals surface area (Å²) in [5.41, 5.74) is 1.28. The molecule has 0 aromatic rings. The Hall–Kier alpha value is -0.370. The zero-order valence-electron chi connectivity index (χ0n) is 4.14. The molecule has 0 aliphatic carbocycles. The van der Waals surface area contributed by atoms with Gasteiger partial charge in [-0.3, -0.25) is 0 Å². The summed E-state index contributed by atoms with van der Waals surface area (Å²) in [4.78, 5) is 0. The van der Waals surface area contributed by atoms with E-state index in [1.165, 1.54) is 5.57 Å². The van der Waals surface area contributed by atoms with Crippen LogP contribution in [-0.2, 0) is 0 Å². The summed E-state index contributed by atoms with van der Waals surface area (Å²) in [5.74, 6) is 0. The third-order valence-corrected chi connectivity index (χ3v) is 1.28. The molecule has 0 aromatic carbocycles. The molecule has 1 aliphatic heterocycles. The molecular formula is C5H7NS. The Morgan fingerprint density at radius 3 is 2.86 bits per heavy atom. The van der Waals surface area contributed by atoms with Gasteiger partial charge in [0.2, 0.25) is 0 Å². The minimum Gasteiger partial charge on any atom is -0.333 e. The van der Waals surface area contributed by atoms with Gasteiger partial charge >= 0.3 is 0 Å². The largest absolute Gasteiger partial charge is 0.333 e. The van der Waals surface area contributed by atoms with E-state index >= 15 is 0 Å². The van der Waals surface area contributed by atoms with Crippen molar-refractivity contribution in [2.45, 2.75) is 6.92 Å². The average molecular weight is 113 g/mol. The fraction of sp³-hybridized carbons (Fsp3) is 0.200. The molecule has 1 rings (SSSR count). The number of hydrogen-bond donors (Lipinski definition) is 1. The molecular weight excluding hydrogens is 106 g/mol. The highest BCUT2D eigenvalue weighted by atomic mass is 32.2. The number of rotatable bonds is 0. The minimum absolute atomic E-state index is 1.28. The first-order valence-corrected chi connectivity index (χ1v) is 3.02. The van der Waals surface area contributed by atoms with Crippen molar-refractivity contribution in [3.63, 3.8) is 0 Å². The highest BCUT2D eigenvalue weighted by molar-refractivity contribution is 8.00. The van der Waals surface area contributed by atoms with E-state index in [1.807, 2.05) is 11.6 Å². The summed E-state index contributed by atoms with van der Waals surface area (Å²) in [5, 5.41) is 2.02. The molecule has 0 amide bonds. The SMILES string of the molecule is CC1=CNSC=C1. The fourth-order valence-electron chi connectivity index (χ4n) is 0.356. The van der Waals surface area contributed by atoms with Crippen molar-refractivity contribution in [2.24, 2.45) is 0 Å². The first-order valence-electron chi connectivity index (χ1n) is 2.14. The van der Waals surface area contributed by atoms with Crippen molar-refractivity contribution in [1.82, 2.24) is 4.72 Å². The molecule has 1 N–H and O–H groups in total. The quantitative estimate of drug-likeness (QED) is 0.479. The van der Waals surface area contributed by atoms with E-state index in [4.69, 9.17) is 0 Å². The molecule has 2 heteroatoms. The van der Waals surface area contributed by atoms with Gasteiger partial charge in [-0.05, 0) is 35.9 Å². The highest BCUT2D eigenvalue weighted by Gasteiger charge is 1.84. The van der Waals surface area contributed by atoms with Gasteiger partial charge in [0.05, 0.1) is 0 Å². The Labute approximate surface area is 47.6 Å². The molecule has 0 aromatic heterocycles. The smallest absolute Gasteiger partial charge is 0.0105 e. The average Bonchev–Trinajstić information content (AvgIpc) is 1.69. The molecule has 0 saturated heterocycles. The van der Waals surface area contributed by atoms with E-state index in [-0.39, 0.29) is 0 Å². The third-order valence-electron chi connectivity index (χ3n) is 0.754. The molecule has 0 atom stereocenters. The number of allylic oxidation sites excluding steroid dienone is 2. The summed E-state index contributed by atoms with van der Waals surface area (Å²) < 4.78 is 3.00. The van der Waals surface area contributed by atoms with Gasteiger partial charge in [-0.25, -0.2) is 0 Å². The van der Waals surface area contributed by atoms with Crippen LogP contribution in [0.15, 0.2) is 23.3 Å². The maximum absolute atomic E-state index is 3.00. The second-order valence-corrected chi connectivity index (χ2v) is 2.17. The predicted octanol–water partition coefficient (Wildman–Crippen LogP) is 1.66. The normalized spacial score (nSPS) is 18.1. The maximum atomic E-state index is 3.00. The zero-order chi connectivity index (χ0) is 5.11. The molecule has 0 radical (unpaired) electrons. The molecule has 0 spiro atoms. The lowest BCUT2D eigenvalue weighted by molar-refractivity contribution is 1.33. The van der Waals surface area contributed by atoms with Gasteiger partial charge in [-0.15, -0.1) is 0 Å². The van der Waals surface area contributed by atoms with Crippen molar-refractivity contribution in [3.8, 4) is 0 Å². The lowest BCUT2D eigenvalue weighted by Crippen LogP contribution is -1.92. The third kappa shape index (κ3) is 1.27. The van der Waals surface area contributed by atoms with E-state index < -0.39 is 0 Å².